The Labute approximate surface area is 756 Å². The number of halogens is 8. The number of amides is 4. The van der Waals surface area contributed by atoms with Gasteiger partial charge in [0.15, 0.2) is 0 Å². The number of pyridine rings is 4. The van der Waals surface area contributed by atoms with E-state index in [9.17, 15) is 19.2 Å². The summed E-state index contributed by atoms with van der Waals surface area (Å²) in [5.41, 5.74) is 13.1. The Bertz CT molecular complexity index is 4720. The molecule has 0 unspecified atom stereocenters. The molecule has 0 bridgehead atoms. The topological polar surface area (TPSA) is 168 Å². The standard InChI is InChI=1S/4C24H24ClIN2O/c4*1-15(24(29)28-20-9-6-18(25)7-10-20)16-2-4-17(5-3-16)21-12-13-27-23-11-8-19(26)14-22(21)23/h4*6-17H,2-5H2,1H3,(H,28,29)/t4*15-,16?,17?/m1100/s1. The maximum absolute atomic E-state index is 12.7. The molecule has 600 valence electrons. The van der Waals surface area contributed by atoms with E-state index < -0.39 is 0 Å². The highest BCUT2D eigenvalue weighted by Gasteiger charge is 2.35. The van der Waals surface area contributed by atoms with Crippen molar-refractivity contribution in [1.29, 1.82) is 0 Å². The van der Waals surface area contributed by atoms with E-state index in [4.69, 9.17) is 46.4 Å². The second kappa shape index (κ2) is 41.6. The van der Waals surface area contributed by atoms with Crippen molar-refractivity contribution in [2.24, 2.45) is 47.3 Å². The van der Waals surface area contributed by atoms with Gasteiger partial charge in [0.05, 0.1) is 22.1 Å². The molecule has 12 aromatic rings. The first-order chi connectivity index (χ1) is 56.0. The highest BCUT2D eigenvalue weighted by atomic mass is 127. The van der Waals surface area contributed by atoms with Gasteiger partial charge in [0.1, 0.15) is 0 Å². The van der Waals surface area contributed by atoms with E-state index in [1.165, 1.54) is 58.1 Å². The van der Waals surface area contributed by atoms with Crippen LogP contribution in [0.2, 0.25) is 20.1 Å². The summed E-state index contributed by atoms with van der Waals surface area (Å²) < 4.78 is 4.96. The van der Waals surface area contributed by atoms with Crippen LogP contribution in [0.3, 0.4) is 0 Å². The average Bonchev–Trinajstić information content (AvgIpc) is 0.807. The van der Waals surface area contributed by atoms with E-state index in [-0.39, 0.29) is 47.3 Å². The van der Waals surface area contributed by atoms with Crippen LogP contribution in [-0.4, -0.2) is 43.6 Å². The van der Waals surface area contributed by atoms with Crippen molar-refractivity contribution in [2.45, 2.75) is 154 Å². The van der Waals surface area contributed by atoms with Gasteiger partial charge in [0.2, 0.25) is 23.6 Å². The monoisotopic (exact) mass is 2070 g/mol. The van der Waals surface area contributed by atoms with E-state index in [0.29, 0.717) is 67.4 Å². The first kappa shape index (κ1) is 87.2. The maximum atomic E-state index is 12.7. The summed E-state index contributed by atoms with van der Waals surface area (Å²) >= 11 is 33.2. The lowest BCUT2D eigenvalue weighted by molar-refractivity contribution is -0.122. The summed E-state index contributed by atoms with van der Waals surface area (Å²) in [4.78, 5) is 68.9. The van der Waals surface area contributed by atoms with Crippen LogP contribution in [-0.2, 0) is 19.2 Å². The summed E-state index contributed by atoms with van der Waals surface area (Å²) in [5, 5.41) is 19.9. The van der Waals surface area contributed by atoms with Gasteiger partial charge in [-0.1, -0.05) is 74.1 Å². The minimum Gasteiger partial charge on any atom is -0.326 e. The third kappa shape index (κ3) is 23.1. The molecule has 4 heterocycles. The molecule has 16 rings (SSSR count). The molecule has 12 nitrogen and oxygen atoms in total. The fourth-order valence-electron chi connectivity index (χ4n) is 17.7. The number of rotatable bonds is 16. The van der Waals surface area contributed by atoms with Crippen LogP contribution >= 0.6 is 137 Å². The second-order valence-electron chi connectivity index (χ2n) is 31.8. The molecule has 4 saturated carbocycles. The predicted molar refractivity (Wildman–Crippen MR) is 514 cm³/mol. The largest absolute Gasteiger partial charge is 0.326 e. The Morgan fingerprint density at radius 2 is 0.457 bits per heavy atom. The quantitative estimate of drug-likeness (QED) is 0.0694. The Hall–Kier alpha value is -6.64. The first-order valence-electron chi connectivity index (χ1n) is 40.5. The van der Waals surface area contributed by atoms with E-state index in [1.807, 2.05) is 73.3 Å². The number of fused-ring (bicyclic) bond motifs is 4. The Morgan fingerprint density at radius 1 is 0.276 bits per heavy atom. The minimum absolute atomic E-state index is 0.00163. The number of hydrogen-bond acceptors (Lipinski definition) is 8. The first-order valence-corrected chi connectivity index (χ1v) is 46.3. The lowest BCUT2D eigenvalue weighted by atomic mass is 9.73. The Balaban J connectivity index is 0.000000135. The van der Waals surface area contributed by atoms with E-state index in [0.717, 1.165) is 148 Å². The van der Waals surface area contributed by atoms with Gasteiger partial charge in [-0.2, -0.15) is 0 Å². The molecule has 4 atom stereocenters. The molecule has 0 saturated heterocycles. The van der Waals surface area contributed by atoms with Gasteiger partial charge in [-0.15, -0.1) is 0 Å². The lowest BCUT2D eigenvalue weighted by Gasteiger charge is -2.32. The van der Waals surface area contributed by atoms with Crippen molar-refractivity contribution in [2.75, 3.05) is 21.3 Å². The van der Waals surface area contributed by atoms with Gasteiger partial charge in [-0.05, 0) is 457 Å². The molecular weight excluding hydrogens is 1980 g/mol. The van der Waals surface area contributed by atoms with Gasteiger partial charge >= 0.3 is 0 Å². The molecule has 0 radical (unpaired) electrons. The number of hydrogen-bond donors (Lipinski definition) is 4. The minimum atomic E-state index is 0.00163. The van der Waals surface area contributed by atoms with Crippen molar-refractivity contribution < 1.29 is 19.2 Å². The average molecular weight is 2080 g/mol. The molecular formula is C96H96Cl4I4N8O4. The number of benzene rings is 8. The molecule has 4 N–H and O–H groups in total. The van der Waals surface area contributed by atoms with Crippen molar-refractivity contribution in [3.63, 3.8) is 0 Å². The van der Waals surface area contributed by atoms with Crippen LogP contribution in [0.25, 0.3) is 43.6 Å². The molecule has 116 heavy (non-hydrogen) atoms. The van der Waals surface area contributed by atoms with Crippen LogP contribution in [0.4, 0.5) is 22.7 Å². The number of carbonyl (C=O) groups is 4. The van der Waals surface area contributed by atoms with Crippen molar-refractivity contribution in [1.82, 2.24) is 19.9 Å². The van der Waals surface area contributed by atoms with Crippen molar-refractivity contribution in [3.05, 3.63) is 276 Å². The summed E-state index contributed by atoms with van der Waals surface area (Å²) in [6.45, 7) is 8.22. The summed E-state index contributed by atoms with van der Waals surface area (Å²) in [6.07, 6.45) is 25.3. The molecule has 0 spiro atoms. The van der Waals surface area contributed by atoms with Gasteiger partial charge in [-0.25, -0.2) is 0 Å². The van der Waals surface area contributed by atoms with Crippen LogP contribution < -0.4 is 21.3 Å². The predicted octanol–water partition coefficient (Wildman–Crippen LogP) is 28.2. The summed E-state index contributed by atoms with van der Waals surface area (Å²) in [5.74, 6) is 4.26. The number of anilines is 4. The lowest BCUT2D eigenvalue weighted by Crippen LogP contribution is -2.29. The van der Waals surface area contributed by atoms with Crippen molar-refractivity contribution in [3.8, 4) is 0 Å². The van der Waals surface area contributed by atoms with E-state index >= 15 is 0 Å². The smallest absolute Gasteiger partial charge is 0.227 e. The summed E-state index contributed by atoms with van der Waals surface area (Å²) in [6, 6.07) is 63.7. The normalized spacial score (nSPS) is 20.4. The van der Waals surface area contributed by atoms with Crippen LogP contribution in [0.5, 0.6) is 0 Å². The zero-order chi connectivity index (χ0) is 81.5. The maximum Gasteiger partial charge on any atom is 0.227 e. The zero-order valence-electron chi connectivity index (χ0n) is 65.5. The number of nitrogens with zero attached hydrogens (tertiary/aromatic N) is 4. The van der Waals surface area contributed by atoms with Crippen LogP contribution in [0.1, 0.15) is 176 Å². The van der Waals surface area contributed by atoms with Gasteiger partial charge in [-0.3, -0.25) is 39.1 Å². The highest BCUT2D eigenvalue weighted by molar-refractivity contribution is 14.1. The third-order valence-electron chi connectivity index (χ3n) is 24.7. The summed E-state index contributed by atoms with van der Waals surface area (Å²) in [7, 11) is 0. The Morgan fingerprint density at radius 3 is 0.638 bits per heavy atom. The van der Waals surface area contributed by atoms with E-state index in [2.05, 4.69) is 256 Å². The van der Waals surface area contributed by atoms with Crippen molar-refractivity contribution >= 4 is 227 Å². The van der Waals surface area contributed by atoms with Gasteiger partial charge in [0, 0.05) is 127 Å². The highest BCUT2D eigenvalue weighted by Crippen LogP contribution is 2.46. The molecule has 0 aliphatic heterocycles. The number of aromatic nitrogens is 4. The fraction of sp³-hybridized carbons (Fsp3) is 0.333. The fourth-order valence-corrected chi connectivity index (χ4v) is 20.2. The molecule has 4 aliphatic carbocycles. The number of nitrogens with one attached hydrogen (secondary N) is 4. The molecule has 4 aliphatic rings. The Kier molecular flexibility index (Phi) is 31.2. The SMILES string of the molecule is C[C@@H](C(=O)Nc1ccc(Cl)cc1)C1CCC(c2ccnc3ccc(I)cc23)CC1.C[C@@H](C(=O)Nc1ccc(Cl)cc1)C1CCC(c2ccnc3ccc(I)cc23)CC1.C[C@H](C(=O)Nc1ccc(Cl)cc1)C1CCC(c2ccnc3ccc(I)cc23)CC1.C[C@H](C(=O)Nc1ccc(Cl)cc1)C1CCC(c2ccnc3ccc(I)cc23)CC1. The third-order valence-corrected chi connectivity index (χ3v) is 28.4. The molecule has 4 fully saturated rings. The molecule has 20 heteroatoms. The second-order valence-corrected chi connectivity index (χ2v) is 38.6. The van der Waals surface area contributed by atoms with Gasteiger partial charge in [0.25, 0.3) is 0 Å². The molecule has 4 amide bonds. The van der Waals surface area contributed by atoms with Crippen LogP contribution in [0.15, 0.2) is 219 Å². The molecule has 8 aromatic carbocycles. The molecule has 4 aromatic heterocycles. The van der Waals surface area contributed by atoms with Crippen LogP contribution in [0, 0.1) is 61.6 Å². The van der Waals surface area contributed by atoms with Gasteiger partial charge < -0.3 is 21.3 Å². The zero-order valence-corrected chi connectivity index (χ0v) is 77.1. The van der Waals surface area contributed by atoms with E-state index in [1.54, 1.807) is 48.5 Å². The number of carbonyl (C=O) groups excluding carboxylic acids is 4.